The molecule has 2 heterocycles. The van der Waals surface area contributed by atoms with Gasteiger partial charge in [-0.2, -0.15) is 5.10 Å². The quantitative estimate of drug-likeness (QED) is 0.735. The molecule has 0 amide bonds. The molecule has 0 fully saturated rings. The third-order valence-electron chi connectivity index (χ3n) is 1.83. The normalized spacial score (nSPS) is 12.7. The van der Waals surface area contributed by atoms with E-state index in [0.717, 1.165) is 5.69 Å². The Hall–Kier alpha value is -1.75. The van der Waals surface area contributed by atoms with Crippen LogP contribution in [-0.4, -0.2) is 20.2 Å². The summed E-state index contributed by atoms with van der Waals surface area (Å²) in [6, 6.07) is 5.46. The van der Waals surface area contributed by atoms with E-state index in [4.69, 9.17) is 5.73 Å². The first-order valence-corrected chi connectivity index (χ1v) is 4.36. The van der Waals surface area contributed by atoms with Crippen molar-refractivity contribution in [2.45, 2.75) is 13.0 Å². The second kappa shape index (κ2) is 3.55. The molecule has 0 aliphatic rings. The van der Waals surface area contributed by atoms with E-state index in [1.54, 1.807) is 6.20 Å². The Bertz CT molecular complexity index is 406. The molecule has 0 unspecified atom stereocenters. The van der Waals surface area contributed by atoms with E-state index < -0.39 is 0 Å². The minimum Gasteiger partial charge on any atom is -0.322 e. The van der Waals surface area contributed by atoms with Gasteiger partial charge >= 0.3 is 0 Å². The lowest BCUT2D eigenvalue weighted by atomic mass is 10.3. The number of rotatable bonds is 2. The first-order valence-electron chi connectivity index (χ1n) is 4.36. The fraction of sp³-hybridized carbons (Fsp3) is 0.222. The van der Waals surface area contributed by atoms with Gasteiger partial charge < -0.3 is 5.73 Å². The van der Waals surface area contributed by atoms with Gasteiger partial charge in [0.2, 0.25) is 0 Å². The molecule has 2 rings (SSSR count). The summed E-state index contributed by atoms with van der Waals surface area (Å²) >= 11 is 0. The van der Waals surface area contributed by atoms with Gasteiger partial charge in [0.1, 0.15) is 11.5 Å². The first kappa shape index (κ1) is 8.83. The van der Waals surface area contributed by atoms with Crippen molar-refractivity contribution in [3.63, 3.8) is 0 Å². The van der Waals surface area contributed by atoms with Crippen LogP contribution in [-0.2, 0) is 0 Å². The minimum atomic E-state index is -0.139. The average Bonchev–Trinajstić information content (AvgIpc) is 2.68. The van der Waals surface area contributed by atoms with Crippen LogP contribution in [0.4, 0.5) is 0 Å². The molecule has 0 bridgehead atoms. The van der Waals surface area contributed by atoms with Crippen LogP contribution in [0.3, 0.4) is 0 Å². The maximum atomic E-state index is 5.65. The lowest BCUT2D eigenvalue weighted by Crippen LogP contribution is -2.06. The zero-order valence-corrected chi connectivity index (χ0v) is 7.81. The van der Waals surface area contributed by atoms with E-state index in [2.05, 4.69) is 20.2 Å². The highest BCUT2D eigenvalue weighted by atomic mass is 15.2. The highest BCUT2D eigenvalue weighted by Gasteiger charge is 2.08. The Morgan fingerprint density at radius 3 is 2.86 bits per heavy atom. The molecule has 72 valence electrons. The van der Waals surface area contributed by atoms with Gasteiger partial charge in [-0.25, -0.2) is 4.98 Å². The van der Waals surface area contributed by atoms with Crippen molar-refractivity contribution in [3.05, 3.63) is 30.2 Å². The third kappa shape index (κ3) is 1.62. The zero-order valence-electron chi connectivity index (χ0n) is 7.81. The molecule has 0 saturated heterocycles. The van der Waals surface area contributed by atoms with E-state index in [9.17, 15) is 0 Å². The summed E-state index contributed by atoms with van der Waals surface area (Å²) in [6.45, 7) is 1.85. The Morgan fingerprint density at radius 1 is 1.43 bits per heavy atom. The third-order valence-corrected chi connectivity index (χ3v) is 1.83. The first-order chi connectivity index (χ1) is 6.77. The van der Waals surface area contributed by atoms with Gasteiger partial charge in [0.05, 0.1) is 6.04 Å². The summed E-state index contributed by atoms with van der Waals surface area (Å²) in [6.07, 6.45) is 1.71. The molecule has 0 saturated carbocycles. The highest BCUT2D eigenvalue weighted by molar-refractivity contribution is 5.47. The maximum Gasteiger partial charge on any atom is 0.199 e. The van der Waals surface area contributed by atoms with Crippen molar-refractivity contribution in [3.8, 4) is 11.5 Å². The number of aromatic nitrogens is 4. The lowest BCUT2D eigenvalue weighted by molar-refractivity contribution is 0.745. The molecule has 0 radical (unpaired) electrons. The molecule has 3 N–H and O–H groups in total. The molecule has 1 atom stereocenters. The standard InChI is InChI=1S/C9H11N5/c1-6(10)8-12-9(14-13-8)7-4-2-3-5-11-7/h2-6H,10H2,1H3,(H,12,13,14)/t6-/m1/s1. The summed E-state index contributed by atoms with van der Waals surface area (Å²) in [7, 11) is 0. The van der Waals surface area contributed by atoms with E-state index >= 15 is 0 Å². The van der Waals surface area contributed by atoms with Crippen molar-refractivity contribution in [2.75, 3.05) is 0 Å². The summed E-state index contributed by atoms with van der Waals surface area (Å²) in [5.74, 6) is 1.25. The molecule has 5 nitrogen and oxygen atoms in total. The minimum absolute atomic E-state index is 0.139. The second-order valence-corrected chi connectivity index (χ2v) is 3.05. The molecule has 14 heavy (non-hydrogen) atoms. The molecule has 5 heteroatoms. The fourth-order valence-electron chi connectivity index (χ4n) is 1.09. The summed E-state index contributed by atoms with van der Waals surface area (Å²) in [5.41, 5.74) is 6.40. The van der Waals surface area contributed by atoms with Crippen molar-refractivity contribution in [2.24, 2.45) is 5.73 Å². The van der Waals surface area contributed by atoms with Crippen LogP contribution >= 0.6 is 0 Å². The second-order valence-electron chi connectivity index (χ2n) is 3.05. The topological polar surface area (TPSA) is 80.5 Å². The maximum absolute atomic E-state index is 5.65. The number of nitrogens with two attached hydrogens (primary N) is 1. The van der Waals surface area contributed by atoms with Crippen molar-refractivity contribution in [1.82, 2.24) is 20.2 Å². The monoisotopic (exact) mass is 189 g/mol. The Balaban J connectivity index is 2.34. The molecule has 2 aromatic heterocycles. The van der Waals surface area contributed by atoms with Crippen molar-refractivity contribution in [1.29, 1.82) is 0 Å². The van der Waals surface area contributed by atoms with Crippen LogP contribution in [0, 0.1) is 0 Å². The lowest BCUT2D eigenvalue weighted by Gasteiger charge is -1.95. The van der Waals surface area contributed by atoms with Gasteiger partial charge in [0.15, 0.2) is 5.82 Å². The number of pyridine rings is 1. The van der Waals surface area contributed by atoms with Crippen LogP contribution < -0.4 is 5.73 Å². The number of hydrogen-bond acceptors (Lipinski definition) is 4. The van der Waals surface area contributed by atoms with Gasteiger partial charge in [-0.1, -0.05) is 6.07 Å². The van der Waals surface area contributed by atoms with E-state index in [0.29, 0.717) is 11.6 Å². The molecule has 0 aromatic carbocycles. The number of aromatic amines is 1. The number of H-pyrrole nitrogens is 1. The van der Waals surface area contributed by atoms with E-state index in [-0.39, 0.29) is 6.04 Å². The number of hydrogen-bond donors (Lipinski definition) is 2. The number of nitrogens with zero attached hydrogens (tertiary/aromatic N) is 3. The Labute approximate surface area is 81.4 Å². The molecule has 2 aromatic rings. The SMILES string of the molecule is C[C@@H](N)c1nc(-c2ccccn2)n[nH]1. The molecular formula is C9H11N5. The van der Waals surface area contributed by atoms with Crippen molar-refractivity contribution >= 4 is 0 Å². The predicted molar refractivity (Wildman–Crippen MR) is 52.2 cm³/mol. The van der Waals surface area contributed by atoms with Crippen LogP contribution in [0.15, 0.2) is 24.4 Å². The van der Waals surface area contributed by atoms with E-state index in [1.807, 2.05) is 25.1 Å². The molecular weight excluding hydrogens is 178 g/mol. The molecule has 0 spiro atoms. The van der Waals surface area contributed by atoms with Gasteiger partial charge in [0.25, 0.3) is 0 Å². The molecule has 0 aliphatic heterocycles. The summed E-state index contributed by atoms with van der Waals surface area (Å²) in [5, 5.41) is 6.81. The van der Waals surface area contributed by atoms with Gasteiger partial charge in [-0.15, -0.1) is 0 Å². The Kier molecular flexibility index (Phi) is 2.24. The van der Waals surface area contributed by atoms with Crippen LogP contribution in [0.2, 0.25) is 0 Å². The van der Waals surface area contributed by atoms with Crippen molar-refractivity contribution < 1.29 is 0 Å². The fourth-order valence-corrected chi connectivity index (χ4v) is 1.09. The predicted octanol–water partition coefficient (Wildman–Crippen LogP) is 0.886. The van der Waals surface area contributed by atoms with Gasteiger partial charge in [0, 0.05) is 6.20 Å². The van der Waals surface area contributed by atoms with E-state index in [1.165, 1.54) is 0 Å². The van der Waals surface area contributed by atoms with Gasteiger partial charge in [-0.05, 0) is 19.1 Å². The number of nitrogens with one attached hydrogen (secondary N) is 1. The Morgan fingerprint density at radius 2 is 2.29 bits per heavy atom. The average molecular weight is 189 g/mol. The highest BCUT2D eigenvalue weighted by Crippen LogP contribution is 2.12. The summed E-state index contributed by atoms with van der Waals surface area (Å²) in [4.78, 5) is 8.36. The largest absolute Gasteiger partial charge is 0.322 e. The zero-order chi connectivity index (χ0) is 9.97. The smallest absolute Gasteiger partial charge is 0.199 e. The summed E-state index contributed by atoms with van der Waals surface area (Å²) < 4.78 is 0. The van der Waals surface area contributed by atoms with Gasteiger partial charge in [-0.3, -0.25) is 10.1 Å². The van der Waals surface area contributed by atoms with Crippen LogP contribution in [0.1, 0.15) is 18.8 Å². The molecule has 0 aliphatic carbocycles. The van der Waals surface area contributed by atoms with Crippen LogP contribution in [0.25, 0.3) is 11.5 Å². The van der Waals surface area contributed by atoms with Crippen LogP contribution in [0.5, 0.6) is 0 Å².